The number of carboxylic acid groups (broad SMARTS) is 2. The molecule has 0 aromatic heterocycles. The van der Waals surface area contributed by atoms with Gasteiger partial charge in [-0.2, -0.15) is 0 Å². The van der Waals surface area contributed by atoms with Crippen molar-refractivity contribution in [2.24, 2.45) is 0 Å². The molecule has 1 aromatic rings. The lowest BCUT2D eigenvalue weighted by Crippen LogP contribution is -2.31. The van der Waals surface area contributed by atoms with Gasteiger partial charge in [-0.3, -0.25) is 0 Å². The van der Waals surface area contributed by atoms with Crippen molar-refractivity contribution < 1.29 is 19.8 Å². The molecule has 0 saturated heterocycles. The lowest BCUT2D eigenvalue weighted by Gasteiger charge is -2.20. The average molecular weight is 389 g/mol. The van der Waals surface area contributed by atoms with Crippen LogP contribution in [0.15, 0.2) is 12.1 Å². The van der Waals surface area contributed by atoms with Crippen LogP contribution in [0.4, 0.5) is 0 Å². The summed E-state index contributed by atoms with van der Waals surface area (Å²) < 4.78 is 0. The average Bonchev–Trinajstić information content (AvgIpc) is 2.66. The number of carbonyl (C=O) groups is 2. The van der Waals surface area contributed by atoms with E-state index in [2.05, 4.69) is 13.8 Å². The monoisotopic (exact) mass is 388 g/mol. The first-order chi connectivity index (χ1) is 13.5. The molecule has 0 radical (unpaired) electrons. The molecule has 4 nitrogen and oxygen atoms in total. The summed E-state index contributed by atoms with van der Waals surface area (Å²) in [5.74, 6) is -2.86. The van der Waals surface area contributed by atoms with Crippen LogP contribution in [-0.4, -0.2) is 11.9 Å². The van der Waals surface area contributed by atoms with Gasteiger partial charge in [0, 0.05) is 11.1 Å². The molecular formula is C24H36O4-2. The standard InChI is InChI=1S/C24H38O4/c1-3-5-7-9-10-12-14-16-20-19(15-13-11-8-6-4-2)17-18-21(23(25)26)22(20)24(27)28/h17-18H,3-16H2,1-2H3,(H,25,26)(H,27,28)/p-2. The van der Waals surface area contributed by atoms with Crippen molar-refractivity contribution in [3.05, 3.63) is 34.4 Å². The van der Waals surface area contributed by atoms with Crippen molar-refractivity contribution in [2.45, 2.75) is 104 Å². The number of aryl methyl sites for hydroxylation is 1. The van der Waals surface area contributed by atoms with E-state index in [1.54, 1.807) is 6.07 Å². The number of rotatable bonds is 16. The van der Waals surface area contributed by atoms with E-state index in [0.29, 0.717) is 12.0 Å². The first-order valence-electron chi connectivity index (χ1n) is 11.1. The van der Waals surface area contributed by atoms with E-state index >= 15 is 0 Å². The summed E-state index contributed by atoms with van der Waals surface area (Å²) in [6.07, 6.45) is 15.0. The maximum Gasteiger partial charge on any atom is 0.0724 e. The van der Waals surface area contributed by atoms with Crippen LogP contribution >= 0.6 is 0 Å². The van der Waals surface area contributed by atoms with E-state index in [9.17, 15) is 19.8 Å². The normalized spacial score (nSPS) is 10.9. The van der Waals surface area contributed by atoms with E-state index < -0.39 is 11.9 Å². The van der Waals surface area contributed by atoms with E-state index in [4.69, 9.17) is 0 Å². The fourth-order valence-electron chi connectivity index (χ4n) is 3.79. The molecule has 0 bridgehead atoms. The zero-order valence-corrected chi connectivity index (χ0v) is 17.7. The summed E-state index contributed by atoms with van der Waals surface area (Å²) in [5.41, 5.74) is 1.17. The number of carbonyl (C=O) groups excluding carboxylic acids is 2. The molecular weight excluding hydrogens is 352 g/mol. The van der Waals surface area contributed by atoms with Gasteiger partial charge < -0.3 is 19.8 Å². The summed E-state index contributed by atoms with van der Waals surface area (Å²) >= 11 is 0. The number of hydrogen-bond acceptors (Lipinski definition) is 4. The van der Waals surface area contributed by atoms with Gasteiger partial charge in [0.2, 0.25) is 0 Å². The second-order valence-electron chi connectivity index (χ2n) is 7.74. The van der Waals surface area contributed by atoms with Crippen LogP contribution in [0, 0.1) is 0 Å². The third kappa shape index (κ3) is 8.45. The van der Waals surface area contributed by atoms with Crippen molar-refractivity contribution in [1.82, 2.24) is 0 Å². The first kappa shape index (κ1) is 24.2. The van der Waals surface area contributed by atoms with Crippen LogP contribution in [0.3, 0.4) is 0 Å². The molecule has 0 heterocycles. The van der Waals surface area contributed by atoms with E-state index in [-0.39, 0.29) is 11.1 Å². The molecule has 1 aromatic carbocycles. The minimum Gasteiger partial charge on any atom is -0.545 e. The second-order valence-corrected chi connectivity index (χ2v) is 7.74. The number of aromatic carboxylic acids is 2. The summed E-state index contributed by atoms with van der Waals surface area (Å²) in [7, 11) is 0. The zero-order valence-electron chi connectivity index (χ0n) is 17.7. The number of hydrogen-bond donors (Lipinski definition) is 0. The Bertz CT molecular complexity index is 607. The third-order valence-electron chi connectivity index (χ3n) is 5.41. The van der Waals surface area contributed by atoms with Crippen molar-refractivity contribution in [1.29, 1.82) is 0 Å². The van der Waals surface area contributed by atoms with Gasteiger partial charge in [-0.15, -0.1) is 0 Å². The zero-order chi connectivity index (χ0) is 20.8. The van der Waals surface area contributed by atoms with Crippen LogP contribution in [0.1, 0.15) is 123 Å². The lowest BCUT2D eigenvalue weighted by atomic mass is 9.89. The molecule has 0 saturated carbocycles. The van der Waals surface area contributed by atoms with Crippen molar-refractivity contribution >= 4 is 11.9 Å². The third-order valence-corrected chi connectivity index (χ3v) is 5.41. The Morgan fingerprint density at radius 2 is 1.18 bits per heavy atom. The number of carboxylic acids is 2. The predicted molar refractivity (Wildman–Crippen MR) is 109 cm³/mol. The Labute approximate surface area is 170 Å². The van der Waals surface area contributed by atoms with Gasteiger partial charge in [0.15, 0.2) is 0 Å². The van der Waals surface area contributed by atoms with Gasteiger partial charge in [0.05, 0.1) is 11.9 Å². The Morgan fingerprint density at radius 3 is 1.68 bits per heavy atom. The van der Waals surface area contributed by atoms with Gasteiger partial charge in [-0.1, -0.05) is 90.2 Å². The van der Waals surface area contributed by atoms with Crippen molar-refractivity contribution in [3.8, 4) is 0 Å². The van der Waals surface area contributed by atoms with Crippen LogP contribution in [0.25, 0.3) is 0 Å². The highest BCUT2D eigenvalue weighted by molar-refractivity contribution is 6.01. The van der Waals surface area contributed by atoms with Gasteiger partial charge in [-0.05, 0) is 36.8 Å². The highest BCUT2D eigenvalue weighted by Crippen LogP contribution is 2.24. The Hall–Kier alpha value is -1.84. The lowest BCUT2D eigenvalue weighted by molar-refractivity contribution is -0.259. The van der Waals surface area contributed by atoms with Crippen LogP contribution in [0.2, 0.25) is 0 Å². The summed E-state index contributed by atoms with van der Waals surface area (Å²) in [6.45, 7) is 4.36. The Kier molecular flexibility index (Phi) is 12.3. The molecule has 0 N–H and O–H groups in total. The Balaban J connectivity index is 2.84. The van der Waals surface area contributed by atoms with Crippen LogP contribution in [-0.2, 0) is 12.8 Å². The fourth-order valence-corrected chi connectivity index (χ4v) is 3.79. The van der Waals surface area contributed by atoms with E-state index in [1.807, 2.05) is 0 Å². The molecule has 0 aliphatic heterocycles. The predicted octanol–water partition coefficient (Wildman–Crippen LogP) is 4.22. The molecule has 0 spiro atoms. The highest BCUT2D eigenvalue weighted by atomic mass is 16.4. The molecule has 28 heavy (non-hydrogen) atoms. The topological polar surface area (TPSA) is 80.3 Å². The first-order valence-corrected chi connectivity index (χ1v) is 11.1. The second kappa shape index (κ2) is 14.2. The molecule has 4 heteroatoms. The van der Waals surface area contributed by atoms with Gasteiger partial charge >= 0.3 is 0 Å². The van der Waals surface area contributed by atoms with Gasteiger partial charge in [0.1, 0.15) is 0 Å². The highest BCUT2D eigenvalue weighted by Gasteiger charge is 2.15. The molecule has 0 unspecified atom stereocenters. The molecule has 0 atom stereocenters. The summed E-state index contributed by atoms with van der Waals surface area (Å²) in [5, 5.41) is 23.1. The largest absolute Gasteiger partial charge is 0.545 e. The number of benzene rings is 1. The molecule has 0 amide bonds. The number of unbranched alkanes of at least 4 members (excludes halogenated alkanes) is 10. The van der Waals surface area contributed by atoms with Crippen molar-refractivity contribution in [3.63, 3.8) is 0 Å². The molecule has 158 valence electrons. The summed E-state index contributed by atoms with van der Waals surface area (Å²) in [4.78, 5) is 23.1. The van der Waals surface area contributed by atoms with E-state index in [1.165, 1.54) is 51.0 Å². The van der Waals surface area contributed by atoms with Gasteiger partial charge in [0.25, 0.3) is 0 Å². The van der Waals surface area contributed by atoms with Gasteiger partial charge in [-0.25, -0.2) is 0 Å². The minimum atomic E-state index is -1.45. The smallest absolute Gasteiger partial charge is 0.0724 e. The maximum absolute atomic E-state index is 11.7. The van der Waals surface area contributed by atoms with Crippen molar-refractivity contribution in [2.75, 3.05) is 0 Å². The Morgan fingerprint density at radius 1 is 0.679 bits per heavy atom. The van der Waals surface area contributed by atoms with E-state index in [0.717, 1.165) is 44.1 Å². The minimum absolute atomic E-state index is 0.169. The fraction of sp³-hybridized carbons (Fsp3) is 0.667. The molecule has 1 rings (SSSR count). The summed E-state index contributed by atoms with van der Waals surface area (Å²) in [6, 6.07) is 3.14. The quantitative estimate of drug-likeness (QED) is 0.397. The molecule has 0 fully saturated rings. The molecule has 0 aliphatic rings. The maximum atomic E-state index is 11.7. The van der Waals surface area contributed by atoms with Crippen LogP contribution < -0.4 is 10.2 Å². The molecule has 0 aliphatic carbocycles. The SMILES string of the molecule is CCCCCCCCCc1c(CCCCCCC)ccc(C(=O)[O-])c1C(=O)[O-]. The van der Waals surface area contributed by atoms with Crippen LogP contribution in [0.5, 0.6) is 0 Å².